The zero-order valence-electron chi connectivity index (χ0n) is 16.7. The van der Waals surface area contributed by atoms with Crippen LogP contribution in [-0.2, 0) is 11.4 Å². The highest BCUT2D eigenvalue weighted by molar-refractivity contribution is 6.30. The van der Waals surface area contributed by atoms with Gasteiger partial charge in [-0.2, -0.15) is 5.10 Å². The molecule has 2 aromatic carbocycles. The Morgan fingerprint density at radius 3 is 2.59 bits per heavy atom. The molecule has 0 heterocycles. The number of carbonyl (C=O) groups excluding carboxylic acids is 1. The van der Waals surface area contributed by atoms with Crippen molar-refractivity contribution in [1.82, 2.24) is 5.43 Å². The van der Waals surface area contributed by atoms with Gasteiger partial charge in [-0.05, 0) is 61.2 Å². The van der Waals surface area contributed by atoms with Crippen LogP contribution in [0.1, 0.15) is 50.2 Å². The van der Waals surface area contributed by atoms with Crippen LogP contribution in [0.2, 0.25) is 5.02 Å². The van der Waals surface area contributed by atoms with E-state index in [-0.39, 0.29) is 11.8 Å². The second-order valence-corrected chi connectivity index (χ2v) is 7.56. The van der Waals surface area contributed by atoms with E-state index in [0.717, 1.165) is 36.8 Å². The third-order valence-electron chi connectivity index (χ3n) is 4.94. The minimum atomic E-state index is 0.00824. The van der Waals surface area contributed by atoms with Crippen LogP contribution in [0.15, 0.2) is 47.6 Å². The molecule has 1 aliphatic rings. The molecule has 0 bridgehead atoms. The first-order valence-electron chi connectivity index (χ1n) is 10.1. The molecule has 3 rings (SSSR count). The summed E-state index contributed by atoms with van der Waals surface area (Å²) in [5.74, 6) is 1.40. The van der Waals surface area contributed by atoms with Crippen LogP contribution in [0.25, 0.3) is 0 Å². The maximum absolute atomic E-state index is 12.2. The molecule has 6 heteroatoms. The summed E-state index contributed by atoms with van der Waals surface area (Å²) in [4.78, 5) is 12.2. The monoisotopic (exact) mass is 414 g/mol. The van der Waals surface area contributed by atoms with Crippen LogP contribution in [0.4, 0.5) is 0 Å². The highest BCUT2D eigenvalue weighted by Gasteiger charge is 2.20. The molecular formula is C23H27ClN2O3. The lowest BCUT2D eigenvalue weighted by Gasteiger charge is -2.19. The Balaban J connectivity index is 1.60. The first kappa shape index (κ1) is 21.2. The van der Waals surface area contributed by atoms with Gasteiger partial charge in [-0.15, -0.1) is 0 Å². The lowest BCUT2D eigenvalue weighted by Crippen LogP contribution is -2.28. The lowest BCUT2D eigenvalue weighted by molar-refractivity contribution is -0.125. The summed E-state index contributed by atoms with van der Waals surface area (Å²) in [6.07, 6.45) is 7.00. The Bertz CT molecular complexity index is 831. The molecule has 1 N–H and O–H groups in total. The molecule has 1 fully saturated rings. The second kappa shape index (κ2) is 10.9. The average Bonchev–Trinajstić information content (AvgIpc) is 2.75. The van der Waals surface area contributed by atoms with E-state index in [1.54, 1.807) is 6.21 Å². The molecule has 154 valence electrons. The van der Waals surface area contributed by atoms with Gasteiger partial charge in [0.1, 0.15) is 6.61 Å². The number of nitrogens with one attached hydrogen (secondary N) is 1. The molecule has 0 aromatic heterocycles. The van der Waals surface area contributed by atoms with Gasteiger partial charge < -0.3 is 9.47 Å². The molecule has 1 amide bonds. The fourth-order valence-electron chi connectivity index (χ4n) is 3.36. The predicted octanol–water partition coefficient (Wildman–Crippen LogP) is 5.35. The second-order valence-electron chi connectivity index (χ2n) is 7.12. The van der Waals surface area contributed by atoms with Gasteiger partial charge in [0.05, 0.1) is 12.8 Å². The van der Waals surface area contributed by atoms with Crippen molar-refractivity contribution in [3.8, 4) is 11.5 Å². The van der Waals surface area contributed by atoms with E-state index >= 15 is 0 Å². The maximum atomic E-state index is 12.2. The Kier molecular flexibility index (Phi) is 7.94. The number of benzene rings is 2. The number of rotatable bonds is 8. The van der Waals surface area contributed by atoms with Crippen LogP contribution in [0.5, 0.6) is 11.5 Å². The van der Waals surface area contributed by atoms with Crippen molar-refractivity contribution < 1.29 is 14.3 Å². The summed E-state index contributed by atoms with van der Waals surface area (Å²) in [7, 11) is 0. The minimum absolute atomic E-state index is 0.00824. The van der Waals surface area contributed by atoms with Crippen molar-refractivity contribution in [1.29, 1.82) is 0 Å². The highest BCUT2D eigenvalue weighted by Crippen LogP contribution is 2.29. The summed E-state index contributed by atoms with van der Waals surface area (Å²) in [5.41, 5.74) is 4.52. The summed E-state index contributed by atoms with van der Waals surface area (Å²) in [6, 6.07) is 13.1. The van der Waals surface area contributed by atoms with E-state index in [4.69, 9.17) is 21.1 Å². The average molecular weight is 415 g/mol. The van der Waals surface area contributed by atoms with Crippen LogP contribution >= 0.6 is 11.6 Å². The highest BCUT2D eigenvalue weighted by atomic mass is 35.5. The summed E-state index contributed by atoms with van der Waals surface area (Å²) < 4.78 is 11.6. The molecule has 0 saturated heterocycles. The van der Waals surface area contributed by atoms with Crippen molar-refractivity contribution in [3.05, 3.63) is 58.6 Å². The van der Waals surface area contributed by atoms with Crippen molar-refractivity contribution in [2.75, 3.05) is 6.61 Å². The van der Waals surface area contributed by atoms with Gasteiger partial charge in [0.15, 0.2) is 11.5 Å². The molecule has 1 aliphatic carbocycles. The quantitative estimate of drug-likeness (QED) is 0.468. The standard InChI is InChI=1S/C23H27ClN2O3/c1-2-28-22-14-18(15-25-26-23(27)19-6-4-3-5-7-19)10-13-21(22)29-16-17-8-11-20(24)12-9-17/h8-15,19H,2-7,16H2,1H3,(H,26,27)/b25-15+. The molecular weight excluding hydrogens is 388 g/mol. The Labute approximate surface area is 177 Å². The molecule has 0 unspecified atom stereocenters. The molecule has 0 spiro atoms. The molecule has 2 aromatic rings. The van der Waals surface area contributed by atoms with Gasteiger partial charge in [0.2, 0.25) is 5.91 Å². The summed E-state index contributed by atoms with van der Waals surface area (Å²) in [5, 5.41) is 4.81. The largest absolute Gasteiger partial charge is 0.490 e. The SMILES string of the molecule is CCOc1cc(/C=N/NC(=O)C2CCCCC2)ccc1OCc1ccc(Cl)cc1. The van der Waals surface area contributed by atoms with Gasteiger partial charge in [-0.1, -0.05) is 43.0 Å². The zero-order valence-corrected chi connectivity index (χ0v) is 17.5. The zero-order chi connectivity index (χ0) is 20.5. The predicted molar refractivity (Wildman–Crippen MR) is 116 cm³/mol. The van der Waals surface area contributed by atoms with E-state index in [2.05, 4.69) is 10.5 Å². The van der Waals surface area contributed by atoms with Crippen LogP contribution < -0.4 is 14.9 Å². The van der Waals surface area contributed by atoms with E-state index in [9.17, 15) is 4.79 Å². The number of hydrazone groups is 1. The molecule has 0 aliphatic heterocycles. The first-order valence-corrected chi connectivity index (χ1v) is 10.5. The van der Waals surface area contributed by atoms with Gasteiger partial charge in [-0.25, -0.2) is 5.43 Å². The normalized spacial score (nSPS) is 14.7. The van der Waals surface area contributed by atoms with E-state index in [1.165, 1.54) is 6.42 Å². The minimum Gasteiger partial charge on any atom is -0.490 e. The lowest BCUT2D eigenvalue weighted by atomic mass is 9.89. The first-order chi connectivity index (χ1) is 14.2. The van der Waals surface area contributed by atoms with Crippen molar-refractivity contribution in [2.45, 2.75) is 45.6 Å². The van der Waals surface area contributed by atoms with E-state index in [1.807, 2.05) is 49.4 Å². The van der Waals surface area contributed by atoms with Gasteiger partial charge in [-0.3, -0.25) is 4.79 Å². The smallest absolute Gasteiger partial charge is 0.243 e. The van der Waals surface area contributed by atoms with Gasteiger partial charge >= 0.3 is 0 Å². The number of hydrogen-bond acceptors (Lipinski definition) is 4. The molecule has 29 heavy (non-hydrogen) atoms. The third-order valence-corrected chi connectivity index (χ3v) is 5.19. The topological polar surface area (TPSA) is 59.9 Å². The van der Waals surface area contributed by atoms with E-state index < -0.39 is 0 Å². The number of amides is 1. The van der Waals surface area contributed by atoms with Crippen molar-refractivity contribution in [2.24, 2.45) is 11.0 Å². The van der Waals surface area contributed by atoms with E-state index in [0.29, 0.717) is 29.7 Å². The van der Waals surface area contributed by atoms with Crippen LogP contribution in [0, 0.1) is 5.92 Å². The van der Waals surface area contributed by atoms with Crippen molar-refractivity contribution in [3.63, 3.8) is 0 Å². The fourth-order valence-corrected chi connectivity index (χ4v) is 3.49. The molecule has 0 radical (unpaired) electrons. The Morgan fingerprint density at radius 2 is 1.86 bits per heavy atom. The number of halogens is 1. The van der Waals surface area contributed by atoms with Crippen LogP contribution in [0.3, 0.4) is 0 Å². The van der Waals surface area contributed by atoms with Gasteiger partial charge in [0.25, 0.3) is 0 Å². The number of carbonyl (C=O) groups is 1. The van der Waals surface area contributed by atoms with Gasteiger partial charge in [0, 0.05) is 10.9 Å². The Hall–Kier alpha value is -2.53. The third kappa shape index (κ3) is 6.50. The number of hydrogen-bond donors (Lipinski definition) is 1. The fraction of sp³-hybridized carbons (Fsp3) is 0.391. The summed E-state index contributed by atoms with van der Waals surface area (Å²) in [6.45, 7) is 2.87. The Morgan fingerprint density at radius 1 is 1.10 bits per heavy atom. The van der Waals surface area contributed by atoms with Crippen LogP contribution in [-0.4, -0.2) is 18.7 Å². The molecule has 5 nitrogen and oxygen atoms in total. The molecule has 1 saturated carbocycles. The molecule has 0 atom stereocenters. The summed E-state index contributed by atoms with van der Waals surface area (Å²) >= 11 is 5.92. The van der Waals surface area contributed by atoms with Crippen molar-refractivity contribution >= 4 is 23.7 Å². The number of ether oxygens (including phenoxy) is 2. The maximum Gasteiger partial charge on any atom is 0.243 e. The number of nitrogens with zero attached hydrogens (tertiary/aromatic N) is 1.